The molecular formula is C26H26N4O3. The molecule has 0 saturated carbocycles. The van der Waals surface area contributed by atoms with Gasteiger partial charge in [-0.25, -0.2) is 0 Å². The van der Waals surface area contributed by atoms with E-state index < -0.39 is 0 Å². The van der Waals surface area contributed by atoms with E-state index in [0.29, 0.717) is 24.6 Å². The average Bonchev–Trinajstić information content (AvgIpc) is 3.57. The third kappa shape index (κ3) is 5.21. The second-order valence-electron chi connectivity index (χ2n) is 8.22. The van der Waals surface area contributed by atoms with Crippen LogP contribution in [-0.2, 0) is 17.8 Å². The fraction of sp³-hybridized carbons (Fsp3) is 0.269. The highest BCUT2D eigenvalue weighted by molar-refractivity contribution is 5.76. The molecule has 2 aromatic heterocycles. The lowest BCUT2D eigenvalue weighted by Crippen LogP contribution is -2.48. The predicted molar refractivity (Wildman–Crippen MR) is 124 cm³/mol. The van der Waals surface area contributed by atoms with Crippen molar-refractivity contribution >= 4 is 5.91 Å². The first kappa shape index (κ1) is 21.2. The number of carbonyl (C=O) groups excluding carboxylic acids is 1. The standard InChI is InChI=1S/C26H26N4O3/c31-24(13-12-23-7-4-18-32-23)30-16-14-29(15-17-30)19-20-8-10-21(11-9-20)25-27-26(33-28-25)22-5-2-1-3-6-22/h1-11,18H,12-17,19H2. The summed E-state index contributed by atoms with van der Waals surface area (Å²) in [6, 6.07) is 21.8. The minimum atomic E-state index is 0.199. The molecule has 0 N–H and O–H groups in total. The van der Waals surface area contributed by atoms with Gasteiger partial charge < -0.3 is 13.8 Å². The number of amides is 1. The number of hydrogen-bond acceptors (Lipinski definition) is 6. The molecule has 4 aromatic rings. The van der Waals surface area contributed by atoms with Gasteiger partial charge in [0.25, 0.3) is 5.89 Å². The van der Waals surface area contributed by atoms with Crippen molar-refractivity contribution < 1.29 is 13.7 Å². The molecule has 1 aliphatic rings. The maximum Gasteiger partial charge on any atom is 0.258 e. The molecular weight excluding hydrogens is 416 g/mol. The Bertz CT molecular complexity index is 1160. The van der Waals surface area contributed by atoms with Crippen molar-refractivity contribution in [3.63, 3.8) is 0 Å². The number of piperazine rings is 1. The lowest BCUT2D eigenvalue weighted by molar-refractivity contribution is -0.133. The van der Waals surface area contributed by atoms with Crippen LogP contribution in [0.2, 0.25) is 0 Å². The molecule has 1 aliphatic heterocycles. The van der Waals surface area contributed by atoms with Gasteiger partial charge in [-0.1, -0.05) is 47.6 Å². The maximum absolute atomic E-state index is 12.5. The second-order valence-corrected chi connectivity index (χ2v) is 8.22. The van der Waals surface area contributed by atoms with Crippen LogP contribution in [0.25, 0.3) is 22.8 Å². The third-order valence-corrected chi connectivity index (χ3v) is 5.96. The smallest absolute Gasteiger partial charge is 0.258 e. The Morgan fingerprint density at radius 3 is 2.39 bits per heavy atom. The molecule has 0 bridgehead atoms. The summed E-state index contributed by atoms with van der Waals surface area (Å²) in [5.41, 5.74) is 3.06. The zero-order valence-electron chi connectivity index (χ0n) is 18.4. The molecule has 0 atom stereocenters. The molecule has 1 amide bonds. The zero-order valence-corrected chi connectivity index (χ0v) is 18.4. The van der Waals surface area contributed by atoms with Crippen molar-refractivity contribution in [2.75, 3.05) is 26.2 Å². The molecule has 0 aliphatic carbocycles. The van der Waals surface area contributed by atoms with Gasteiger partial charge in [-0.2, -0.15) is 4.98 Å². The van der Waals surface area contributed by atoms with Crippen molar-refractivity contribution in [2.24, 2.45) is 0 Å². The first-order valence-corrected chi connectivity index (χ1v) is 11.3. The summed E-state index contributed by atoms with van der Waals surface area (Å²) in [6.45, 7) is 4.13. The number of aryl methyl sites for hydroxylation is 1. The van der Waals surface area contributed by atoms with E-state index in [9.17, 15) is 4.79 Å². The largest absolute Gasteiger partial charge is 0.469 e. The van der Waals surface area contributed by atoms with Crippen molar-refractivity contribution in [3.8, 4) is 22.8 Å². The third-order valence-electron chi connectivity index (χ3n) is 5.96. The summed E-state index contributed by atoms with van der Waals surface area (Å²) in [5.74, 6) is 2.17. The SMILES string of the molecule is O=C(CCc1ccco1)N1CCN(Cc2ccc(-c3noc(-c4ccccc4)n3)cc2)CC1. The predicted octanol–water partition coefficient (Wildman–Crippen LogP) is 4.27. The summed E-state index contributed by atoms with van der Waals surface area (Å²) >= 11 is 0. The lowest BCUT2D eigenvalue weighted by atomic mass is 10.1. The molecule has 7 heteroatoms. The number of carbonyl (C=O) groups is 1. The van der Waals surface area contributed by atoms with E-state index >= 15 is 0 Å². The van der Waals surface area contributed by atoms with Crippen LogP contribution < -0.4 is 0 Å². The van der Waals surface area contributed by atoms with E-state index in [1.165, 1.54) is 5.56 Å². The minimum Gasteiger partial charge on any atom is -0.469 e. The van der Waals surface area contributed by atoms with Crippen molar-refractivity contribution in [1.29, 1.82) is 0 Å². The monoisotopic (exact) mass is 442 g/mol. The highest BCUT2D eigenvalue weighted by Crippen LogP contribution is 2.22. The topological polar surface area (TPSA) is 75.6 Å². The van der Waals surface area contributed by atoms with Crippen LogP contribution >= 0.6 is 0 Å². The fourth-order valence-electron chi connectivity index (χ4n) is 4.05. The zero-order chi connectivity index (χ0) is 22.5. The Labute approximate surface area is 192 Å². The number of furan rings is 1. The van der Waals surface area contributed by atoms with E-state index in [2.05, 4.69) is 27.2 Å². The van der Waals surface area contributed by atoms with Crippen LogP contribution in [0.4, 0.5) is 0 Å². The second kappa shape index (κ2) is 9.83. The molecule has 1 fully saturated rings. The Hall–Kier alpha value is -3.71. The van der Waals surface area contributed by atoms with E-state index in [4.69, 9.17) is 8.94 Å². The Morgan fingerprint density at radius 1 is 0.879 bits per heavy atom. The highest BCUT2D eigenvalue weighted by Gasteiger charge is 2.21. The number of nitrogens with zero attached hydrogens (tertiary/aromatic N) is 4. The van der Waals surface area contributed by atoms with Crippen LogP contribution in [0.1, 0.15) is 17.7 Å². The van der Waals surface area contributed by atoms with Gasteiger partial charge in [0.2, 0.25) is 11.7 Å². The van der Waals surface area contributed by atoms with Crippen molar-refractivity contribution in [3.05, 3.63) is 84.3 Å². The van der Waals surface area contributed by atoms with Gasteiger partial charge in [-0.3, -0.25) is 9.69 Å². The molecule has 1 saturated heterocycles. The van der Waals surface area contributed by atoms with Crippen LogP contribution in [0.5, 0.6) is 0 Å². The average molecular weight is 443 g/mol. The van der Waals surface area contributed by atoms with E-state index in [-0.39, 0.29) is 5.91 Å². The molecule has 2 aromatic carbocycles. The van der Waals surface area contributed by atoms with Gasteiger partial charge in [0, 0.05) is 56.7 Å². The van der Waals surface area contributed by atoms with Gasteiger partial charge in [0.15, 0.2) is 0 Å². The lowest BCUT2D eigenvalue weighted by Gasteiger charge is -2.34. The van der Waals surface area contributed by atoms with E-state index in [0.717, 1.165) is 49.6 Å². The maximum atomic E-state index is 12.5. The normalized spacial score (nSPS) is 14.5. The Balaban J connectivity index is 1.12. The van der Waals surface area contributed by atoms with Gasteiger partial charge in [-0.05, 0) is 29.8 Å². The highest BCUT2D eigenvalue weighted by atomic mass is 16.5. The molecule has 0 spiro atoms. The summed E-state index contributed by atoms with van der Waals surface area (Å²) in [7, 11) is 0. The van der Waals surface area contributed by atoms with Gasteiger partial charge in [-0.15, -0.1) is 0 Å². The summed E-state index contributed by atoms with van der Waals surface area (Å²) in [5, 5.41) is 4.12. The number of aromatic nitrogens is 2. The van der Waals surface area contributed by atoms with Gasteiger partial charge in [0.05, 0.1) is 6.26 Å². The molecule has 0 radical (unpaired) electrons. The quantitative estimate of drug-likeness (QED) is 0.425. The summed E-state index contributed by atoms with van der Waals surface area (Å²) in [4.78, 5) is 21.3. The summed E-state index contributed by atoms with van der Waals surface area (Å²) < 4.78 is 10.7. The van der Waals surface area contributed by atoms with E-state index in [1.807, 2.05) is 59.5 Å². The summed E-state index contributed by atoms with van der Waals surface area (Å²) in [6.07, 6.45) is 2.80. The Kier molecular flexibility index (Phi) is 6.30. The fourth-order valence-corrected chi connectivity index (χ4v) is 4.05. The number of hydrogen-bond donors (Lipinski definition) is 0. The molecule has 7 nitrogen and oxygen atoms in total. The van der Waals surface area contributed by atoms with Crippen molar-refractivity contribution in [2.45, 2.75) is 19.4 Å². The Morgan fingerprint density at radius 2 is 1.67 bits per heavy atom. The number of rotatable bonds is 7. The molecule has 168 valence electrons. The molecule has 0 unspecified atom stereocenters. The van der Waals surface area contributed by atoms with Crippen LogP contribution in [-0.4, -0.2) is 52.0 Å². The molecule has 33 heavy (non-hydrogen) atoms. The molecule has 3 heterocycles. The first-order chi connectivity index (χ1) is 16.2. The van der Waals surface area contributed by atoms with Crippen molar-refractivity contribution in [1.82, 2.24) is 19.9 Å². The van der Waals surface area contributed by atoms with Gasteiger partial charge in [0.1, 0.15) is 5.76 Å². The van der Waals surface area contributed by atoms with Crippen LogP contribution in [0.3, 0.4) is 0 Å². The number of benzene rings is 2. The first-order valence-electron chi connectivity index (χ1n) is 11.3. The minimum absolute atomic E-state index is 0.199. The van der Waals surface area contributed by atoms with Crippen LogP contribution in [0, 0.1) is 0 Å². The molecule has 5 rings (SSSR count). The van der Waals surface area contributed by atoms with Gasteiger partial charge >= 0.3 is 0 Å². The van der Waals surface area contributed by atoms with Crippen LogP contribution in [0.15, 0.2) is 81.9 Å². The van der Waals surface area contributed by atoms with E-state index in [1.54, 1.807) is 6.26 Å².